The second-order valence-electron chi connectivity index (χ2n) is 3.73. The molecular formula is C14H11BrO3S. The minimum Gasteiger partial charge on any atom is -0.496 e. The Morgan fingerprint density at radius 2 is 2.21 bits per heavy atom. The first-order valence-corrected chi connectivity index (χ1v) is 7.11. The molecule has 1 aromatic heterocycles. The molecule has 0 unspecified atom stereocenters. The topological polar surface area (TPSA) is 46.5 Å². The number of thiophene rings is 1. The smallest absolute Gasteiger partial charge is 0.337 e. The second kappa shape index (κ2) is 6.04. The number of ether oxygens (including phenoxy) is 1. The maximum Gasteiger partial charge on any atom is 0.337 e. The van der Waals surface area contributed by atoms with E-state index in [1.54, 1.807) is 25.3 Å². The molecule has 0 fully saturated rings. The molecule has 0 radical (unpaired) electrons. The number of carboxylic acids is 1. The third-order valence-electron chi connectivity index (χ3n) is 2.51. The van der Waals surface area contributed by atoms with Gasteiger partial charge in [0.25, 0.3) is 0 Å². The Bertz CT molecular complexity index is 618. The zero-order chi connectivity index (χ0) is 13.8. The molecule has 1 aromatic carbocycles. The standard InChI is InChI=1S/C14H11BrO3S/c1-18-12-5-4-10(15)7-9(12)8-11(14(16)17)13-3-2-6-19-13/h2-8H,1H3,(H,16,17)/b11-8-. The first kappa shape index (κ1) is 13.8. The van der Waals surface area contributed by atoms with E-state index < -0.39 is 5.97 Å². The van der Waals surface area contributed by atoms with Crippen molar-refractivity contribution in [3.63, 3.8) is 0 Å². The van der Waals surface area contributed by atoms with Crippen LogP contribution in [0.15, 0.2) is 40.2 Å². The van der Waals surface area contributed by atoms with Crippen LogP contribution in [0.3, 0.4) is 0 Å². The summed E-state index contributed by atoms with van der Waals surface area (Å²) in [6.45, 7) is 0. The average Bonchev–Trinajstić information content (AvgIpc) is 2.89. The summed E-state index contributed by atoms with van der Waals surface area (Å²) in [4.78, 5) is 12.1. The molecule has 98 valence electrons. The summed E-state index contributed by atoms with van der Waals surface area (Å²) in [5.74, 6) is -0.317. The van der Waals surface area contributed by atoms with Crippen LogP contribution in [0.2, 0.25) is 0 Å². The molecule has 0 spiro atoms. The summed E-state index contributed by atoms with van der Waals surface area (Å²) in [5.41, 5.74) is 0.981. The van der Waals surface area contributed by atoms with Crippen LogP contribution in [-0.2, 0) is 4.79 Å². The SMILES string of the molecule is COc1ccc(Br)cc1/C=C(\C(=O)O)c1cccs1. The van der Waals surface area contributed by atoms with E-state index in [-0.39, 0.29) is 5.57 Å². The van der Waals surface area contributed by atoms with Crippen molar-refractivity contribution < 1.29 is 14.6 Å². The molecule has 0 bridgehead atoms. The van der Waals surface area contributed by atoms with E-state index in [0.717, 1.165) is 14.9 Å². The fourth-order valence-electron chi connectivity index (χ4n) is 1.64. The fraction of sp³-hybridized carbons (Fsp3) is 0.0714. The molecule has 0 saturated carbocycles. The van der Waals surface area contributed by atoms with E-state index in [1.165, 1.54) is 11.3 Å². The Labute approximate surface area is 123 Å². The van der Waals surface area contributed by atoms with Gasteiger partial charge >= 0.3 is 5.97 Å². The normalized spacial score (nSPS) is 11.4. The number of benzene rings is 1. The summed E-state index contributed by atoms with van der Waals surface area (Å²) in [6.07, 6.45) is 1.62. The predicted molar refractivity (Wildman–Crippen MR) is 80.5 cm³/mol. The molecular weight excluding hydrogens is 328 g/mol. The van der Waals surface area contributed by atoms with Crippen LogP contribution >= 0.6 is 27.3 Å². The Balaban J connectivity index is 2.53. The zero-order valence-electron chi connectivity index (χ0n) is 10.1. The summed E-state index contributed by atoms with van der Waals surface area (Å²) in [7, 11) is 1.56. The number of methoxy groups -OCH3 is 1. The van der Waals surface area contributed by atoms with Gasteiger partial charge in [0, 0.05) is 14.9 Å². The van der Waals surface area contributed by atoms with Gasteiger partial charge in [-0.2, -0.15) is 0 Å². The molecule has 0 atom stereocenters. The van der Waals surface area contributed by atoms with Crippen LogP contribution in [-0.4, -0.2) is 18.2 Å². The van der Waals surface area contributed by atoms with Crippen LogP contribution in [0.4, 0.5) is 0 Å². The van der Waals surface area contributed by atoms with E-state index in [9.17, 15) is 9.90 Å². The highest BCUT2D eigenvalue weighted by Gasteiger charge is 2.13. The molecule has 5 heteroatoms. The first-order chi connectivity index (χ1) is 9.11. The molecule has 0 saturated heterocycles. The summed E-state index contributed by atoms with van der Waals surface area (Å²) < 4.78 is 6.11. The van der Waals surface area contributed by atoms with Crippen molar-refractivity contribution in [2.75, 3.05) is 7.11 Å². The fourth-order valence-corrected chi connectivity index (χ4v) is 2.76. The lowest BCUT2D eigenvalue weighted by Gasteiger charge is -2.06. The largest absolute Gasteiger partial charge is 0.496 e. The molecule has 0 aliphatic carbocycles. The first-order valence-electron chi connectivity index (χ1n) is 5.44. The van der Waals surface area contributed by atoms with Crippen molar-refractivity contribution in [1.82, 2.24) is 0 Å². The molecule has 2 rings (SSSR count). The van der Waals surface area contributed by atoms with Crippen molar-refractivity contribution >= 4 is 44.9 Å². The van der Waals surface area contributed by atoms with Gasteiger partial charge in [0.1, 0.15) is 5.75 Å². The predicted octanol–water partition coefficient (Wildman–Crippen LogP) is 4.14. The number of hydrogen-bond acceptors (Lipinski definition) is 3. The second-order valence-corrected chi connectivity index (χ2v) is 5.59. The third-order valence-corrected chi connectivity index (χ3v) is 3.91. The lowest BCUT2D eigenvalue weighted by molar-refractivity contribution is -0.130. The number of carboxylic acid groups (broad SMARTS) is 1. The Hall–Kier alpha value is -1.59. The third kappa shape index (κ3) is 3.24. The van der Waals surface area contributed by atoms with Gasteiger partial charge in [0.15, 0.2) is 0 Å². The van der Waals surface area contributed by atoms with Crippen LogP contribution in [0.25, 0.3) is 11.6 Å². The van der Waals surface area contributed by atoms with Gasteiger partial charge in [0.2, 0.25) is 0 Å². The van der Waals surface area contributed by atoms with Gasteiger partial charge in [-0.25, -0.2) is 4.79 Å². The average molecular weight is 339 g/mol. The maximum absolute atomic E-state index is 11.4. The van der Waals surface area contributed by atoms with Gasteiger partial charge < -0.3 is 9.84 Å². The molecule has 2 aromatic rings. The quantitative estimate of drug-likeness (QED) is 0.852. The molecule has 0 amide bonds. The lowest BCUT2D eigenvalue weighted by atomic mass is 10.1. The van der Waals surface area contributed by atoms with Crippen LogP contribution in [0.1, 0.15) is 10.4 Å². The van der Waals surface area contributed by atoms with Crippen molar-refractivity contribution in [2.45, 2.75) is 0 Å². The van der Waals surface area contributed by atoms with Gasteiger partial charge in [-0.3, -0.25) is 0 Å². The molecule has 19 heavy (non-hydrogen) atoms. The van der Waals surface area contributed by atoms with Crippen LogP contribution in [0, 0.1) is 0 Å². The van der Waals surface area contributed by atoms with Gasteiger partial charge in [-0.1, -0.05) is 22.0 Å². The highest BCUT2D eigenvalue weighted by molar-refractivity contribution is 9.10. The van der Waals surface area contributed by atoms with Crippen LogP contribution in [0.5, 0.6) is 5.75 Å². The van der Waals surface area contributed by atoms with Crippen molar-refractivity contribution in [1.29, 1.82) is 0 Å². The van der Waals surface area contributed by atoms with E-state index in [4.69, 9.17) is 4.74 Å². The van der Waals surface area contributed by atoms with Gasteiger partial charge in [-0.15, -0.1) is 11.3 Å². The summed E-state index contributed by atoms with van der Waals surface area (Å²) in [5, 5.41) is 11.2. The number of carbonyl (C=O) groups is 1. The van der Waals surface area contributed by atoms with Crippen molar-refractivity contribution in [3.05, 3.63) is 50.6 Å². The number of rotatable bonds is 4. The Morgan fingerprint density at radius 3 is 2.79 bits per heavy atom. The number of hydrogen-bond donors (Lipinski definition) is 1. The molecule has 1 heterocycles. The summed E-state index contributed by atoms with van der Waals surface area (Å²) >= 11 is 4.77. The lowest BCUT2D eigenvalue weighted by Crippen LogP contribution is -1.98. The van der Waals surface area contributed by atoms with E-state index >= 15 is 0 Å². The highest BCUT2D eigenvalue weighted by atomic mass is 79.9. The van der Waals surface area contributed by atoms with E-state index in [0.29, 0.717) is 5.75 Å². The van der Waals surface area contributed by atoms with Crippen LogP contribution < -0.4 is 4.74 Å². The zero-order valence-corrected chi connectivity index (χ0v) is 12.5. The molecule has 0 aliphatic heterocycles. The Kier molecular flexibility index (Phi) is 4.39. The maximum atomic E-state index is 11.4. The minimum absolute atomic E-state index is 0.256. The molecule has 3 nitrogen and oxygen atoms in total. The number of halogens is 1. The monoisotopic (exact) mass is 338 g/mol. The van der Waals surface area contributed by atoms with E-state index in [1.807, 2.05) is 23.6 Å². The van der Waals surface area contributed by atoms with E-state index in [2.05, 4.69) is 15.9 Å². The Morgan fingerprint density at radius 1 is 1.42 bits per heavy atom. The molecule has 0 aliphatic rings. The summed E-state index contributed by atoms with van der Waals surface area (Å²) in [6, 6.07) is 9.09. The van der Waals surface area contributed by atoms with Gasteiger partial charge in [0.05, 0.1) is 12.7 Å². The van der Waals surface area contributed by atoms with Crippen molar-refractivity contribution in [2.24, 2.45) is 0 Å². The van der Waals surface area contributed by atoms with Crippen molar-refractivity contribution in [3.8, 4) is 5.75 Å². The molecule has 1 N–H and O–H groups in total. The number of aliphatic carboxylic acids is 1. The van der Waals surface area contributed by atoms with Gasteiger partial charge in [-0.05, 0) is 35.7 Å². The minimum atomic E-state index is -0.954. The highest BCUT2D eigenvalue weighted by Crippen LogP contribution is 2.29.